The molecule has 28 heavy (non-hydrogen) atoms. The predicted molar refractivity (Wildman–Crippen MR) is 113 cm³/mol. The Morgan fingerprint density at radius 3 is 2.68 bits per heavy atom. The summed E-state index contributed by atoms with van der Waals surface area (Å²) in [5.74, 6) is 0. The van der Waals surface area contributed by atoms with Gasteiger partial charge in [-0.1, -0.05) is 12.1 Å². The molecule has 0 unspecified atom stereocenters. The molecule has 3 aromatic heterocycles. The quantitative estimate of drug-likeness (QED) is 0.529. The van der Waals surface area contributed by atoms with E-state index in [9.17, 15) is 8.42 Å². The van der Waals surface area contributed by atoms with Crippen molar-refractivity contribution in [1.29, 1.82) is 0 Å². The van der Waals surface area contributed by atoms with Crippen LogP contribution >= 0.6 is 11.3 Å². The second kappa shape index (κ2) is 6.84. The molecular formula is C21H19N3O2S2. The van der Waals surface area contributed by atoms with Crippen LogP contribution in [-0.2, 0) is 10.0 Å². The van der Waals surface area contributed by atoms with Gasteiger partial charge in [0.05, 0.1) is 4.90 Å². The molecule has 1 saturated heterocycles. The van der Waals surface area contributed by atoms with Crippen LogP contribution in [0, 0.1) is 0 Å². The molecule has 0 bridgehead atoms. The highest BCUT2D eigenvalue weighted by molar-refractivity contribution is 7.89. The predicted octanol–water partition coefficient (Wildman–Crippen LogP) is 4.74. The third-order valence-electron chi connectivity index (χ3n) is 5.25. The molecule has 7 heteroatoms. The third kappa shape index (κ3) is 2.87. The first-order valence-electron chi connectivity index (χ1n) is 9.24. The van der Waals surface area contributed by atoms with E-state index in [1.807, 2.05) is 24.4 Å². The number of aromatic amines is 1. The first kappa shape index (κ1) is 17.6. The second-order valence-electron chi connectivity index (χ2n) is 6.94. The number of rotatable bonds is 4. The molecule has 1 fully saturated rings. The zero-order chi connectivity index (χ0) is 19.1. The lowest BCUT2D eigenvalue weighted by Crippen LogP contribution is -2.27. The van der Waals surface area contributed by atoms with Crippen LogP contribution in [0.15, 0.2) is 64.4 Å². The van der Waals surface area contributed by atoms with Crippen LogP contribution in [0.3, 0.4) is 0 Å². The highest BCUT2D eigenvalue weighted by Gasteiger charge is 2.27. The van der Waals surface area contributed by atoms with Crippen LogP contribution in [0.25, 0.3) is 33.3 Å². The van der Waals surface area contributed by atoms with Gasteiger partial charge < -0.3 is 4.98 Å². The molecule has 1 aromatic carbocycles. The van der Waals surface area contributed by atoms with Crippen molar-refractivity contribution in [1.82, 2.24) is 14.3 Å². The van der Waals surface area contributed by atoms with Gasteiger partial charge in [-0.2, -0.15) is 15.6 Å². The lowest BCUT2D eigenvalue weighted by atomic mass is 10.00. The smallest absolute Gasteiger partial charge is 0.243 e. The summed E-state index contributed by atoms with van der Waals surface area (Å²) in [6.07, 6.45) is 5.56. The molecule has 1 N–H and O–H groups in total. The first-order chi connectivity index (χ1) is 13.6. The average Bonchev–Trinajstić information content (AvgIpc) is 3.49. The van der Waals surface area contributed by atoms with E-state index in [1.54, 1.807) is 34.0 Å². The molecule has 1 aliphatic heterocycles. The largest absolute Gasteiger partial charge is 0.345 e. The number of hydrogen-bond donors (Lipinski definition) is 1. The minimum Gasteiger partial charge on any atom is -0.345 e. The van der Waals surface area contributed by atoms with Crippen LogP contribution in [0.2, 0.25) is 0 Å². The summed E-state index contributed by atoms with van der Waals surface area (Å²) in [4.78, 5) is 8.04. The van der Waals surface area contributed by atoms with Gasteiger partial charge in [-0.25, -0.2) is 13.4 Å². The van der Waals surface area contributed by atoms with Gasteiger partial charge in [-0.05, 0) is 64.6 Å². The second-order valence-corrected chi connectivity index (χ2v) is 9.65. The molecule has 142 valence electrons. The van der Waals surface area contributed by atoms with E-state index in [4.69, 9.17) is 0 Å². The van der Waals surface area contributed by atoms with Crippen molar-refractivity contribution in [2.45, 2.75) is 17.7 Å². The number of aromatic nitrogens is 2. The maximum atomic E-state index is 13.0. The van der Waals surface area contributed by atoms with E-state index in [0.29, 0.717) is 18.0 Å². The van der Waals surface area contributed by atoms with Crippen molar-refractivity contribution >= 4 is 32.4 Å². The molecule has 5 nitrogen and oxygen atoms in total. The molecule has 0 spiro atoms. The fourth-order valence-corrected chi connectivity index (χ4v) is 6.06. The summed E-state index contributed by atoms with van der Waals surface area (Å²) in [5.41, 5.74) is 4.86. The van der Waals surface area contributed by atoms with E-state index < -0.39 is 10.0 Å². The van der Waals surface area contributed by atoms with E-state index in [-0.39, 0.29) is 0 Å². The minimum absolute atomic E-state index is 0.349. The SMILES string of the molecule is O=S(=O)(c1cccc(-c2c[nH]c3nccc(-c4ccsc4)c23)c1)N1CCCC1. The van der Waals surface area contributed by atoms with Crippen molar-refractivity contribution in [2.75, 3.05) is 13.1 Å². The van der Waals surface area contributed by atoms with E-state index in [0.717, 1.165) is 46.1 Å². The highest BCUT2D eigenvalue weighted by Crippen LogP contribution is 2.37. The molecular weight excluding hydrogens is 390 g/mol. The Hall–Kier alpha value is -2.48. The van der Waals surface area contributed by atoms with E-state index in [2.05, 4.69) is 26.8 Å². The lowest BCUT2D eigenvalue weighted by molar-refractivity contribution is 0.477. The first-order valence-corrected chi connectivity index (χ1v) is 11.6. The summed E-state index contributed by atoms with van der Waals surface area (Å²) in [6, 6.07) is 11.3. The molecule has 1 aliphatic rings. The van der Waals surface area contributed by atoms with Gasteiger partial charge in [0.1, 0.15) is 5.65 Å². The molecule has 5 rings (SSSR count). The normalized spacial score (nSPS) is 15.4. The monoisotopic (exact) mass is 409 g/mol. The zero-order valence-electron chi connectivity index (χ0n) is 15.1. The summed E-state index contributed by atoms with van der Waals surface area (Å²) in [6.45, 7) is 1.21. The molecule has 0 radical (unpaired) electrons. The van der Waals surface area contributed by atoms with Crippen molar-refractivity contribution < 1.29 is 8.42 Å². The lowest BCUT2D eigenvalue weighted by Gasteiger charge is -2.16. The Kier molecular flexibility index (Phi) is 4.30. The summed E-state index contributed by atoms with van der Waals surface area (Å²) >= 11 is 1.65. The van der Waals surface area contributed by atoms with Crippen molar-refractivity contribution in [3.8, 4) is 22.3 Å². The molecule has 0 saturated carbocycles. The third-order valence-corrected chi connectivity index (χ3v) is 7.83. The van der Waals surface area contributed by atoms with Crippen LogP contribution in [0.4, 0.5) is 0 Å². The number of thiophene rings is 1. The Morgan fingerprint density at radius 2 is 1.89 bits per heavy atom. The molecule has 4 aromatic rings. The van der Waals surface area contributed by atoms with E-state index >= 15 is 0 Å². The number of nitrogens with zero attached hydrogens (tertiary/aromatic N) is 2. The van der Waals surface area contributed by atoms with Crippen LogP contribution in [-0.4, -0.2) is 35.8 Å². The number of H-pyrrole nitrogens is 1. The maximum Gasteiger partial charge on any atom is 0.243 e. The summed E-state index contributed by atoms with van der Waals surface area (Å²) in [7, 11) is -3.45. The highest BCUT2D eigenvalue weighted by atomic mass is 32.2. The minimum atomic E-state index is -3.45. The van der Waals surface area contributed by atoms with Gasteiger partial charge in [0, 0.05) is 36.4 Å². The van der Waals surface area contributed by atoms with Crippen LogP contribution in [0.1, 0.15) is 12.8 Å². The Bertz CT molecular complexity index is 1240. The fraction of sp³-hybridized carbons (Fsp3) is 0.190. The summed E-state index contributed by atoms with van der Waals surface area (Å²) < 4.78 is 27.5. The average molecular weight is 410 g/mol. The van der Waals surface area contributed by atoms with Gasteiger partial charge in [0.25, 0.3) is 0 Å². The van der Waals surface area contributed by atoms with Crippen LogP contribution in [0.5, 0.6) is 0 Å². The standard InChI is InChI=1S/C21H19N3O2S2/c25-28(26,24-9-1-2-10-24)17-5-3-4-15(12-17)19-13-23-21-20(19)18(6-8-22-21)16-7-11-27-14-16/h3-8,11-14H,1-2,9-10H2,(H,22,23). The number of sulfonamides is 1. The Morgan fingerprint density at radius 1 is 1.04 bits per heavy atom. The van der Waals surface area contributed by atoms with Gasteiger partial charge >= 0.3 is 0 Å². The topological polar surface area (TPSA) is 66.1 Å². The summed E-state index contributed by atoms with van der Waals surface area (Å²) in [5, 5.41) is 5.17. The van der Waals surface area contributed by atoms with Gasteiger partial charge in [-0.3, -0.25) is 0 Å². The molecule has 0 atom stereocenters. The zero-order valence-corrected chi connectivity index (χ0v) is 16.8. The van der Waals surface area contributed by atoms with Gasteiger partial charge in [-0.15, -0.1) is 0 Å². The Balaban J connectivity index is 1.66. The number of pyridine rings is 1. The molecule has 0 aliphatic carbocycles. The maximum absolute atomic E-state index is 13.0. The molecule has 4 heterocycles. The number of fused-ring (bicyclic) bond motifs is 1. The molecule has 0 amide bonds. The number of benzene rings is 1. The Labute approximate surface area is 167 Å². The van der Waals surface area contributed by atoms with Crippen molar-refractivity contribution in [2.24, 2.45) is 0 Å². The fourth-order valence-electron chi connectivity index (χ4n) is 3.84. The van der Waals surface area contributed by atoms with Gasteiger partial charge in [0.2, 0.25) is 10.0 Å². The number of hydrogen-bond acceptors (Lipinski definition) is 4. The van der Waals surface area contributed by atoms with E-state index in [1.165, 1.54) is 0 Å². The van der Waals surface area contributed by atoms with Gasteiger partial charge in [0.15, 0.2) is 0 Å². The van der Waals surface area contributed by atoms with Crippen molar-refractivity contribution in [3.63, 3.8) is 0 Å². The van der Waals surface area contributed by atoms with Crippen molar-refractivity contribution in [3.05, 3.63) is 59.6 Å². The van der Waals surface area contributed by atoms with Crippen LogP contribution < -0.4 is 0 Å². The number of nitrogens with one attached hydrogen (secondary N) is 1.